The minimum absolute atomic E-state index is 0.104. The highest BCUT2D eigenvalue weighted by Gasteiger charge is 2.16. The van der Waals surface area contributed by atoms with E-state index in [1.54, 1.807) is 35.2 Å². The lowest BCUT2D eigenvalue weighted by atomic mass is 10.2. The summed E-state index contributed by atoms with van der Waals surface area (Å²) in [7, 11) is 0. The van der Waals surface area contributed by atoms with Crippen LogP contribution in [0.15, 0.2) is 42.7 Å². The summed E-state index contributed by atoms with van der Waals surface area (Å²) in [5, 5.41) is 11.7. The molecule has 0 spiro atoms. The molecule has 4 rings (SSSR count). The van der Waals surface area contributed by atoms with Gasteiger partial charge in [-0.25, -0.2) is 4.98 Å². The first kappa shape index (κ1) is 15.0. The monoisotopic (exact) mass is 334 g/mol. The average Bonchev–Trinajstić information content (AvgIpc) is 3.01. The number of aromatic nitrogens is 2. The van der Waals surface area contributed by atoms with Crippen LogP contribution in [0.3, 0.4) is 0 Å². The largest absolute Gasteiger partial charge is 0.486 e. The van der Waals surface area contributed by atoms with Gasteiger partial charge in [-0.1, -0.05) is 6.07 Å². The fourth-order valence-electron chi connectivity index (χ4n) is 2.74. The maximum Gasteiger partial charge on any atom is 0.244 e. The van der Waals surface area contributed by atoms with E-state index in [-0.39, 0.29) is 12.5 Å². The molecule has 0 bridgehead atoms. The lowest BCUT2D eigenvalue weighted by Crippen LogP contribution is -2.18. The Labute approximate surface area is 143 Å². The van der Waals surface area contributed by atoms with Crippen molar-refractivity contribution in [1.29, 1.82) is 5.26 Å². The Morgan fingerprint density at radius 1 is 1.24 bits per heavy atom. The molecule has 1 aromatic heterocycles. The van der Waals surface area contributed by atoms with Gasteiger partial charge >= 0.3 is 0 Å². The molecule has 25 heavy (non-hydrogen) atoms. The first-order valence-electron chi connectivity index (χ1n) is 7.77. The Balaban J connectivity index is 1.56. The van der Waals surface area contributed by atoms with Crippen molar-refractivity contribution in [1.82, 2.24) is 9.55 Å². The van der Waals surface area contributed by atoms with Crippen molar-refractivity contribution in [3.8, 4) is 17.6 Å². The summed E-state index contributed by atoms with van der Waals surface area (Å²) < 4.78 is 12.9. The van der Waals surface area contributed by atoms with E-state index < -0.39 is 0 Å². The predicted octanol–water partition coefficient (Wildman–Crippen LogP) is 2.32. The molecule has 0 aliphatic carbocycles. The number of nitrogens with one attached hydrogen (secondary N) is 1. The zero-order chi connectivity index (χ0) is 17.2. The number of nitriles is 1. The van der Waals surface area contributed by atoms with Crippen molar-refractivity contribution in [2.45, 2.75) is 6.54 Å². The molecule has 1 aliphatic heterocycles. The molecule has 2 aromatic carbocycles. The first-order chi connectivity index (χ1) is 12.2. The summed E-state index contributed by atoms with van der Waals surface area (Å²) in [5.74, 6) is 1.12. The van der Waals surface area contributed by atoms with E-state index in [0.29, 0.717) is 36.0 Å². The predicted molar refractivity (Wildman–Crippen MR) is 90.5 cm³/mol. The molecule has 124 valence electrons. The number of anilines is 1. The van der Waals surface area contributed by atoms with Crippen LogP contribution in [0.5, 0.6) is 11.5 Å². The average molecular weight is 334 g/mol. The van der Waals surface area contributed by atoms with Gasteiger partial charge in [0.15, 0.2) is 11.5 Å². The van der Waals surface area contributed by atoms with Crippen LogP contribution in [0.25, 0.3) is 11.0 Å². The summed E-state index contributed by atoms with van der Waals surface area (Å²) >= 11 is 0. The SMILES string of the molecule is N#Cc1cccc(NC(=O)Cn2cnc3cc4c(cc32)OCCO4)c1. The van der Waals surface area contributed by atoms with Crippen LogP contribution >= 0.6 is 0 Å². The fourth-order valence-corrected chi connectivity index (χ4v) is 2.74. The number of benzene rings is 2. The van der Waals surface area contributed by atoms with E-state index in [9.17, 15) is 4.79 Å². The number of carbonyl (C=O) groups is 1. The molecule has 7 heteroatoms. The lowest BCUT2D eigenvalue weighted by Gasteiger charge is -2.18. The molecule has 1 N–H and O–H groups in total. The highest BCUT2D eigenvalue weighted by molar-refractivity contribution is 5.92. The Bertz CT molecular complexity index is 1000. The summed E-state index contributed by atoms with van der Waals surface area (Å²) in [4.78, 5) is 16.6. The van der Waals surface area contributed by atoms with Gasteiger partial charge in [-0.2, -0.15) is 5.26 Å². The third-order valence-electron chi connectivity index (χ3n) is 3.87. The smallest absolute Gasteiger partial charge is 0.244 e. The number of rotatable bonds is 3. The third kappa shape index (κ3) is 2.97. The maximum atomic E-state index is 12.3. The Kier molecular flexibility index (Phi) is 3.71. The quantitative estimate of drug-likeness (QED) is 0.794. The summed E-state index contributed by atoms with van der Waals surface area (Å²) in [5.41, 5.74) is 2.62. The Morgan fingerprint density at radius 2 is 2.04 bits per heavy atom. The van der Waals surface area contributed by atoms with Crippen molar-refractivity contribution in [3.63, 3.8) is 0 Å². The molecule has 0 saturated heterocycles. The van der Waals surface area contributed by atoms with Crippen LogP contribution in [0.2, 0.25) is 0 Å². The number of imidazole rings is 1. The molecule has 0 unspecified atom stereocenters. The molecule has 0 radical (unpaired) electrons. The van der Waals surface area contributed by atoms with Crippen LogP contribution < -0.4 is 14.8 Å². The number of hydrogen-bond donors (Lipinski definition) is 1. The second kappa shape index (κ2) is 6.17. The van der Waals surface area contributed by atoms with Gasteiger partial charge in [0, 0.05) is 17.8 Å². The highest BCUT2D eigenvalue weighted by atomic mass is 16.6. The van der Waals surface area contributed by atoms with Crippen molar-refractivity contribution in [2.24, 2.45) is 0 Å². The van der Waals surface area contributed by atoms with E-state index in [4.69, 9.17) is 14.7 Å². The van der Waals surface area contributed by atoms with Crippen molar-refractivity contribution >= 4 is 22.6 Å². The molecule has 1 amide bonds. The number of hydrogen-bond acceptors (Lipinski definition) is 5. The number of carbonyl (C=O) groups excluding carboxylic acids is 1. The summed E-state index contributed by atoms with van der Waals surface area (Å²) in [6, 6.07) is 12.5. The molecule has 3 aromatic rings. The van der Waals surface area contributed by atoms with Gasteiger partial charge < -0.3 is 19.4 Å². The van der Waals surface area contributed by atoms with Crippen molar-refractivity contribution < 1.29 is 14.3 Å². The van der Waals surface area contributed by atoms with Gasteiger partial charge in [0.25, 0.3) is 0 Å². The summed E-state index contributed by atoms with van der Waals surface area (Å²) in [6.45, 7) is 1.12. The zero-order valence-corrected chi connectivity index (χ0v) is 13.2. The third-order valence-corrected chi connectivity index (χ3v) is 3.87. The van der Waals surface area contributed by atoms with Crippen LogP contribution in [0.4, 0.5) is 5.69 Å². The normalized spacial score (nSPS) is 12.6. The van der Waals surface area contributed by atoms with E-state index in [2.05, 4.69) is 10.3 Å². The molecule has 0 saturated carbocycles. The first-order valence-corrected chi connectivity index (χ1v) is 7.77. The summed E-state index contributed by atoms with van der Waals surface area (Å²) in [6.07, 6.45) is 1.61. The number of fused-ring (bicyclic) bond motifs is 2. The number of nitrogens with zero attached hydrogens (tertiary/aromatic N) is 3. The van der Waals surface area contributed by atoms with Gasteiger partial charge in [-0.05, 0) is 18.2 Å². The van der Waals surface area contributed by atoms with Gasteiger partial charge in [-0.15, -0.1) is 0 Å². The molecular formula is C18H14N4O3. The minimum atomic E-state index is -0.204. The standard InChI is InChI=1S/C18H14N4O3/c19-9-12-2-1-3-13(6-12)21-18(23)10-22-11-20-14-7-16-17(8-15(14)22)25-5-4-24-16/h1-3,6-8,11H,4-5,10H2,(H,21,23). The molecule has 1 aliphatic rings. The molecular weight excluding hydrogens is 320 g/mol. The molecule has 2 heterocycles. The van der Waals surface area contributed by atoms with Crippen LogP contribution in [0.1, 0.15) is 5.56 Å². The Morgan fingerprint density at radius 3 is 2.84 bits per heavy atom. The van der Waals surface area contributed by atoms with Gasteiger partial charge in [0.1, 0.15) is 19.8 Å². The topological polar surface area (TPSA) is 89.2 Å². The van der Waals surface area contributed by atoms with Crippen LogP contribution in [-0.4, -0.2) is 28.7 Å². The Hall–Kier alpha value is -3.53. The van der Waals surface area contributed by atoms with Gasteiger partial charge in [-0.3, -0.25) is 4.79 Å². The molecule has 0 atom stereocenters. The van der Waals surface area contributed by atoms with Crippen molar-refractivity contribution in [2.75, 3.05) is 18.5 Å². The lowest BCUT2D eigenvalue weighted by molar-refractivity contribution is -0.116. The van der Waals surface area contributed by atoms with E-state index in [1.807, 2.05) is 18.2 Å². The zero-order valence-electron chi connectivity index (χ0n) is 13.2. The maximum absolute atomic E-state index is 12.3. The second-order valence-electron chi connectivity index (χ2n) is 5.60. The highest BCUT2D eigenvalue weighted by Crippen LogP contribution is 2.34. The number of ether oxygens (including phenoxy) is 2. The number of amides is 1. The second-order valence-corrected chi connectivity index (χ2v) is 5.60. The van der Waals surface area contributed by atoms with E-state index in [1.165, 1.54) is 0 Å². The van der Waals surface area contributed by atoms with Gasteiger partial charge in [0.2, 0.25) is 5.91 Å². The van der Waals surface area contributed by atoms with Crippen molar-refractivity contribution in [3.05, 3.63) is 48.3 Å². The minimum Gasteiger partial charge on any atom is -0.486 e. The van der Waals surface area contributed by atoms with Crippen LogP contribution in [0, 0.1) is 11.3 Å². The molecule has 0 fully saturated rings. The fraction of sp³-hybridized carbons (Fsp3) is 0.167. The van der Waals surface area contributed by atoms with Gasteiger partial charge in [0.05, 0.1) is 29.0 Å². The van der Waals surface area contributed by atoms with E-state index in [0.717, 1.165) is 11.0 Å². The van der Waals surface area contributed by atoms with Crippen LogP contribution in [-0.2, 0) is 11.3 Å². The molecule has 7 nitrogen and oxygen atoms in total. The van der Waals surface area contributed by atoms with E-state index >= 15 is 0 Å².